The Hall–Kier alpha value is -2.41. The molecule has 0 radical (unpaired) electrons. The molecular weight excluding hydrogens is 376 g/mol. The van der Waals surface area contributed by atoms with E-state index in [1.165, 1.54) is 0 Å². The molecule has 0 spiro atoms. The van der Waals surface area contributed by atoms with Crippen molar-refractivity contribution in [3.8, 4) is 0 Å². The maximum atomic E-state index is 12.3. The Morgan fingerprint density at radius 3 is 2.64 bits per heavy atom. The lowest BCUT2D eigenvalue weighted by molar-refractivity contribution is -0.117. The molecule has 7 nitrogen and oxygen atoms in total. The molecule has 1 fully saturated rings. The molecule has 1 aliphatic rings. The molecular formula is C20H27ClN6O. The summed E-state index contributed by atoms with van der Waals surface area (Å²) >= 11 is 6.42. The van der Waals surface area contributed by atoms with E-state index in [-0.39, 0.29) is 11.9 Å². The lowest BCUT2D eigenvalue weighted by atomic mass is 10.1. The van der Waals surface area contributed by atoms with Gasteiger partial charge in [-0.15, -0.1) is 0 Å². The van der Waals surface area contributed by atoms with Crippen LogP contribution in [0, 0.1) is 12.8 Å². The number of aryl methyl sites for hydroxylation is 1. The van der Waals surface area contributed by atoms with Crippen LogP contribution in [-0.2, 0) is 11.3 Å². The second-order valence-electron chi connectivity index (χ2n) is 7.52. The van der Waals surface area contributed by atoms with Crippen LogP contribution in [0.3, 0.4) is 0 Å². The molecule has 1 N–H and O–H groups in total. The molecule has 0 unspecified atom stereocenters. The van der Waals surface area contributed by atoms with E-state index < -0.39 is 0 Å². The van der Waals surface area contributed by atoms with Gasteiger partial charge in [-0.1, -0.05) is 25.4 Å². The summed E-state index contributed by atoms with van der Waals surface area (Å²) in [5.74, 6) is 1.08. The maximum Gasteiger partial charge on any atom is 0.244 e. The lowest BCUT2D eigenvalue weighted by Crippen LogP contribution is -2.44. The first kappa shape index (κ1) is 20.3. The highest BCUT2D eigenvalue weighted by atomic mass is 35.5. The Balaban J connectivity index is 1.53. The molecule has 1 saturated heterocycles. The molecule has 0 atom stereocenters. The molecule has 0 aliphatic carbocycles. The maximum absolute atomic E-state index is 12.3. The highest BCUT2D eigenvalue weighted by Gasteiger charge is 2.21. The molecule has 2 aromatic heterocycles. The summed E-state index contributed by atoms with van der Waals surface area (Å²) in [6.45, 7) is 8.54. The Morgan fingerprint density at radius 1 is 1.32 bits per heavy atom. The summed E-state index contributed by atoms with van der Waals surface area (Å²) in [4.78, 5) is 23.0. The number of carbonyl (C=O) groups excluding carboxylic acids is 1. The lowest BCUT2D eigenvalue weighted by Gasteiger charge is -2.32. The van der Waals surface area contributed by atoms with E-state index in [0.717, 1.165) is 49.7 Å². The fourth-order valence-electron chi connectivity index (χ4n) is 3.31. The fraction of sp³-hybridized carbons (Fsp3) is 0.500. The third-order valence-electron chi connectivity index (χ3n) is 4.73. The van der Waals surface area contributed by atoms with Gasteiger partial charge in [0, 0.05) is 49.7 Å². The number of amides is 1. The minimum atomic E-state index is -0.110. The largest absolute Gasteiger partial charge is 0.350 e. The van der Waals surface area contributed by atoms with Crippen LogP contribution in [0.5, 0.6) is 0 Å². The fourth-order valence-corrected chi connectivity index (χ4v) is 3.62. The normalized spacial score (nSPS) is 15.5. The number of hydrogen-bond acceptors (Lipinski definition) is 5. The smallest absolute Gasteiger partial charge is 0.244 e. The van der Waals surface area contributed by atoms with E-state index in [9.17, 15) is 4.79 Å². The third-order valence-corrected chi connectivity index (χ3v) is 5.12. The minimum absolute atomic E-state index is 0.110. The molecule has 0 bridgehead atoms. The van der Waals surface area contributed by atoms with Crippen molar-refractivity contribution in [3.05, 3.63) is 40.9 Å². The first-order valence-electron chi connectivity index (χ1n) is 9.67. The highest BCUT2D eigenvalue weighted by Crippen LogP contribution is 2.22. The number of nitrogens with one attached hydrogen (secondary N) is 1. The van der Waals surface area contributed by atoms with E-state index >= 15 is 0 Å². The molecule has 0 saturated carbocycles. The Kier molecular flexibility index (Phi) is 6.67. The highest BCUT2D eigenvalue weighted by molar-refractivity contribution is 6.31. The second-order valence-corrected chi connectivity index (χ2v) is 7.88. The van der Waals surface area contributed by atoms with E-state index in [2.05, 4.69) is 39.1 Å². The Labute approximate surface area is 170 Å². The van der Waals surface area contributed by atoms with Crippen molar-refractivity contribution in [2.75, 3.05) is 18.0 Å². The number of halogens is 1. The monoisotopic (exact) mass is 402 g/mol. The van der Waals surface area contributed by atoms with Crippen LogP contribution in [0.4, 0.5) is 5.95 Å². The summed E-state index contributed by atoms with van der Waals surface area (Å²) in [5.41, 5.74) is 1.62. The van der Waals surface area contributed by atoms with E-state index in [1.807, 2.05) is 13.0 Å². The zero-order chi connectivity index (χ0) is 20.1. The quantitative estimate of drug-likeness (QED) is 0.751. The number of aromatic nitrogens is 4. The molecule has 8 heteroatoms. The van der Waals surface area contributed by atoms with Crippen molar-refractivity contribution < 1.29 is 4.79 Å². The van der Waals surface area contributed by atoms with Gasteiger partial charge in [-0.2, -0.15) is 5.10 Å². The number of carbonyl (C=O) groups is 1. The van der Waals surface area contributed by atoms with Gasteiger partial charge in [-0.05, 0) is 37.8 Å². The molecule has 0 aromatic carbocycles. The number of hydrogen-bond donors (Lipinski definition) is 1. The third kappa shape index (κ3) is 5.10. The molecule has 150 valence electrons. The van der Waals surface area contributed by atoms with Crippen LogP contribution < -0.4 is 10.2 Å². The van der Waals surface area contributed by atoms with Gasteiger partial charge in [-0.25, -0.2) is 9.97 Å². The van der Waals surface area contributed by atoms with Crippen molar-refractivity contribution in [1.29, 1.82) is 0 Å². The SMILES string of the molecule is Cc1nn(CC(C)C)c(Cl)c1/C=C/C(=O)NC1CCN(c2ncccn2)CC1. The summed E-state index contributed by atoms with van der Waals surface area (Å²) in [5, 5.41) is 8.12. The molecule has 1 aliphatic heterocycles. The van der Waals surface area contributed by atoms with Crippen LogP contribution in [-0.4, -0.2) is 44.8 Å². The Bertz CT molecular complexity index is 825. The van der Waals surface area contributed by atoms with E-state index in [1.54, 1.807) is 29.2 Å². The van der Waals surface area contributed by atoms with Gasteiger partial charge in [0.05, 0.1) is 5.69 Å². The van der Waals surface area contributed by atoms with Gasteiger partial charge in [-0.3, -0.25) is 9.48 Å². The predicted octanol–water partition coefficient (Wildman–Crippen LogP) is 3.09. The molecule has 2 aromatic rings. The van der Waals surface area contributed by atoms with Gasteiger partial charge in [0.25, 0.3) is 0 Å². The Morgan fingerprint density at radius 2 is 2.00 bits per heavy atom. The molecule has 28 heavy (non-hydrogen) atoms. The zero-order valence-corrected chi connectivity index (χ0v) is 17.4. The summed E-state index contributed by atoms with van der Waals surface area (Å²) in [6, 6.07) is 1.96. The number of rotatable bonds is 6. The molecule has 3 rings (SSSR count). The molecule has 3 heterocycles. The summed E-state index contributed by atoms with van der Waals surface area (Å²) in [6.07, 6.45) is 8.52. The van der Waals surface area contributed by atoms with Crippen LogP contribution in [0.25, 0.3) is 6.08 Å². The van der Waals surface area contributed by atoms with Crippen molar-refractivity contribution in [1.82, 2.24) is 25.1 Å². The number of nitrogens with zero attached hydrogens (tertiary/aromatic N) is 5. The second kappa shape index (κ2) is 9.19. The van der Waals surface area contributed by atoms with Gasteiger partial charge >= 0.3 is 0 Å². The minimum Gasteiger partial charge on any atom is -0.350 e. The summed E-state index contributed by atoms with van der Waals surface area (Å²) in [7, 11) is 0. The van der Waals surface area contributed by atoms with Gasteiger partial charge in [0.1, 0.15) is 5.15 Å². The number of piperidine rings is 1. The average Bonchev–Trinajstić information content (AvgIpc) is 2.94. The van der Waals surface area contributed by atoms with Crippen molar-refractivity contribution in [2.24, 2.45) is 5.92 Å². The van der Waals surface area contributed by atoms with Gasteiger partial charge < -0.3 is 10.2 Å². The standard InChI is InChI=1S/C20H27ClN6O/c1-14(2)13-27-19(21)17(15(3)25-27)5-6-18(28)24-16-7-11-26(12-8-16)20-22-9-4-10-23-20/h4-6,9-10,14,16H,7-8,11-13H2,1-3H3,(H,24,28)/b6-5+. The zero-order valence-electron chi connectivity index (χ0n) is 16.6. The molecule has 1 amide bonds. The number of anilines is 1. The van der Waals surface area contributed by atoms with Crippen molar-refractivity contribution in [3.63, 3.8) is 0 Å². The predicted molar refractivity (Wildman–Crippen MR) is 111 cm³/mol. The average molecular weight is 403 g/mol. The van der Waals surface area contributed by atoms with Crippen LogP contribution >= 0.6 is 11.6 Å². The van der Waals surface area contributed by atoms with E-state index in [0.29, 0.717) is 11.1 Å². The first-order chi connectivity index (χ1) is 13.4. The van der Waals surface area contributed by atoms with Gasteiger partial charge in [0.2, 0.25) is 11.9 Å². The topological polar surface area (TPSA) is 75.9 Å². The van der Waals surface area contributed by atoms with Crippen molar-refractivity contribution >= 4 is 29.5 Å². The van der Waals surface area contributed by atoms with Crippen molar-refractivity contribution in [2.45, 2.75) is 46.2 Å². The first-order valence-corrected chi connectivity index (χ1v) is 10.0. The van der Waals surface area contributed by atoms with E-state index in [4.69, 9.17) is 11.6 Å². The van der Waals surface area contributed by atoms with Crippen LogP contribution in [0.2, 0.25) is 5.15 Å². The van der Waals surface area contributed by atoms with Crippen LogP contribution in [0.1, 0.15) is 37.9 Å². The van der Waals surface area contributed by atoms with Crippen LogP contribution in [0.15, 0.2) is 24.5 Å². The van der Waals surface area contributed by atoms with Gasteiger partial charge in [0.15, 0.2) is 0 Å². The summed E-state index contributed by atoms with van der Waals surface area (Å²) < 4.78 is 1.79.